The van der Waals surface area contributed by atoms with E-state index >= 15 is 0 Å². The summed E-state index contributed by atoms with van der Waals surface area (Å²) in [5, 5.41) is 0. The number of nitrogens with zero attached hydrogens (tertiary/aromatic N) is 2. The lowest BCUT2D eigenvalue weighted by molar-refractivity contribution is 0.701. The second kappa shape index (κ2) is 8.99. The highest BCUT2D eigenvalue weighted by Gasteiger charge is 2.58. The zero-order chi connectivity index (χ0) is 31.8. The summed E-state index contributed by atoms with van der Waals surface area (Å²) in [5.74, 6) is 1.40. The van der Waals surface area contributed by atoms with Gasteiger partial charge in [0.2, 0.25) is 0 Å². The Morgan fingerprint density at radius 2 is 0.917 bits per heavy atom. The fraction of sp³-hybridized carbons (Fsp3) is 0.109. The third kappa shape index (κ3) is 2.82. The maximum absolute atomic E-state index is 5.31. The average molecular weight is 613 g/mol. The molecule has 0 amide bonds. The van der Waals surface area contributed by atoms with E-state index in [0.717, 1.165) is 5.82 Å². The lowest BCUT2D eigenvalue weighted by atomic mass is 9.59. The van der Waals surface area contributed by atoms with Crippen molar-refractivity contribution >= 4 is 17.2 Å². The van der Waals surface area contributed by atoms with Crippen molar-refractivity contribution in [2.45, 2.75) is 30.6 Å². The molecule has 0 atom stereocenters. The van der Waals surface area contributed by atoms with Gasteiger partial charge >= 0.3 is 0 Å². The number of hydrogen-bond donors (Lipinski definition) is 0. The molecule has 2 heteroatoms. The predicted octanol–water partition coefficient (Wildman–Crippen LogP) is 11.0. The van der Waals surface area contributed by atoms with Gasteiger partial charge in [-0.3, -0.25) is 4.90 Å². The van der Waals surface area contributed by atoms with Crippen LogP contribution >= 0.6 is 0 Å². The minimum atomic E-state index is -0.509. The van der Waals surface area contributed by atoms with Crippen LogP contribution in [0.1, 0.15) is 69.8 Å². The highest BCUT2D eigenvalue weighted by atomic mass is 15.2. The molecule has 1 aromatic heterocycles. The van der Waals surface area contributed by atoms with E-state index in [1.165, 1.54) is 83.7 Å². The maximum atomic E-state index is 5.31. The average Bonchev–Trinajstić information content (AvgIpc) is 3.60. The molecule has 0 saturated heterocycles. The van der Waals surface area contributed by atoms with Gasteiger partial charge in [0, 0.05) is 11.8 Å². The minimum Gasteiger partial charge on any atom is -0.294 e. The van der Waals surface area contributed by atoms with Gasteiger partial charge in [-0.05, 0) is 84.8 Å². The van der Waals surface area contributed by atoms with E-state index in [1.807, 2.05) is 6.20 Å². The van der Waals surface area contributed by atoms with Gasteiger partial charge in [0.05, 0.1) is 22.2 Å². The molecule has 4 aliphatic rings. The molecule has 2 spiro atoms. The van der Waals surface area contributed by atoms with Crippen molar-refractivity contribution in [3.63, 3.8) is 0 Å². The van der Waals surface area contributed by atoms with Gasteiger partial charge in [0.15, 0.2) is 0 Å². The Hall–Kier alpha value is -5.73. The lowest BCUT2D eigenvalue weighted by Crippen LogP contribution is -2.43. The maximum Gasteiger partial charge on any atom is 0.142 e. The van der Waals surface area contributed by atoms with Crippen molar-refractivity contribution in [2.75, 3.05) is 4.90 Å². The molecule has 0 bridgehead atoms. The van der Waals surface area contributed by atoms with Crippen LogP contribution in [0.25, 0.3) is 22.3 Å². The molecular formula is C46H32N2. The molecule has 0 unspecified atom stereocenters. The van der Waals surface area contributed by atoms with E-state index in [0.29, 0.717) is 5.92 Å². The molecule has 48 heavy (non-hydrogen) atoms. The molecule has 2 nitrogen and oxygen atoms in total. The third-order valence-corrected chi connectivity index (χ3v) is 11.7. The summed E-state index contributed by atoms with van der Waals surface area (Å²) >= 11 is 0. The molecule has 7 aromatic rings. The topological polar surface area (TPSA) is 16.1 Å². The number of para-hydroxylation sites is 1. The highest BCUT2D eigenvalue weighted by Crippen LogP contribution is 2.69. The second-order valence-electron chi connectivity index (χ2n) is 14.0. The van der Waals surface area contributed by atoms with E-state index in [4.69, 9.17) is 4.98 Å². The van der Waals surface area contributed by atoms with Crippen molar-refractivity contribution in [3.05, 3.63) is 202 Å². The zero-order valence-electron chi connectivity index (χ0n) is 26.9. The number of fused-ring (bicyclic) bond motifs is 18. The molecule has 2 aliphatic carbocycles. The Morgan fingerprint density at radius 3 is 1.44 bits per heavy atom. The van der Waals surface area contributed by atoms with Gasteiger partial charge in [-0.1, -0.05) is 147 Å². The first-order chi connectivity index (χ1) is 23.7. The number of benzene rings is 6. The normalized spacial score (nSPS) is 15.8. The van der Waals surface area contributed by atoms with Crippen molar-refractivity contribution in [1.29, 1.82) is 0 Å². The first-order valence-electron chi connectivity index (χ1n) is 17.1. The SMILES string of the molecule is CC(C)c1ccc2c(c1)N1c3ncccc3C3(c4ccccc4-c4ccccc43)c3cccc(c31)C21c2ccccc2-c2ccccc21. The Balaban J connectivity index is 1.38. The van der Waals surface area contributed by atoms with E-state index in [9.17, 15) is 0 Å². The number of rotatable bonds is 1. The van der Waals surface area contributed by atoms with Crippen molar-refractivity contribution in [2.24, 2.45) is 0 Å². The standard InChI is InChI=1S/C46H32N2/c1-28(2)29-24-25-38-42(27-29)48-43-39(45(38)34-17-7-3-13-30(34)31-14-4-8-18-35(31)45)21-11-22-40(43)46(41-23-12-26-47-44(41)48)36-19-9-5-15-32(36)33-16-6-10-20-37(33)46/h3-28H,1-2H3. The fourth-order valence-electron chi connectivity index (χ4n) is 9.93. The van der Waals surface area contributed by atoms with Gasteiger partial charge in [0.1, 0.15) is 5.82 Å². The van der Waals surface area contributed by atoms with Crippen molar-refractivity contribution in [3.8, 4) is 22.3 Å². The summed E-state index contributed by atoms with van der Waals surface area (Å²) in [5.41, 5.74) is 18.6. The second-order valence-corrected chi connectivity index (χ2v) is 14.0. The highest BCUT2D eigenvalue weighted by molar-refractivity contribution is 6.01. The van der Waals surface area contributed by atoms with Crippen molar-refractivity contribution in [1.82, 2.24) is 4.98 Å². The summed E-state index contributed by atoms with van der Waals surface area (Å²) in [6.45, 7) is 4.59. The van der Waals surface area contributed by atoms with Gasteiger partial charge in [-0.15, -0.1) is 0 Å². The molecule has 0 N–H and O–H groups in total. The van der Waals surface area contributed by atoms with E-state index in [-0.39, 0.29) is 0 Å². The Kier molecular flexibility index (Phi) is 4.94. The molecule has 3 heterocycles. The minimum absolute atomic E-state index is 0.388. The summed E-state index contributed by atoms with van der Waals surface area (Å²) < 4.78 is 0. The van der Waals surface area contributed by atoms with Gasteiger partial charge in [-0.25, -0.2) is 4.98 Å². The molecule has 0 fully saturated rings. The van der Waals surface area contributed by atoms with E-state index in [2.05, 4.69) is 164 Å². The Morgan fingerprint density at radius 1 is 0.458 bits per heavy atom. The number of aromatic nitrogens is 1. The quantitative estimate of drug-likeness (QED) is 0.183. The number of pyridine rings is 1. The molecular weight excluding hydrogens is 581 g/mol. The van der Waals surface area contributed by atoms with Crippen LogP contribution in [-0.4, -0.2) is 4.98 Å². The van der Waals surface area contributed by atoms with Gasteiger partial charge in [-0.2, -0.15) is 0 Å². The van der Waals surface area contributed by atoms with Crippen LogP contribution in [0.3, 0.4) is 0 Å². The van der Waals surface area contributed by atoms with Crippen LogP contribution in [0, 0.1) is 0 Å². The van der Waals surface area contributed by atoms with Crippen LogP contribution < -0.4 is 4.90 Å². The monoisotopic (exact) mass is 612 g/mol. The molecule has 2 aliphatic heterocycles. The largest absolute Gasteiger partial charge is 0.294 e. The summed E-state index contributed by atoms with van der Waals surface area (Å²) in [7, 11) is 0. The first-order valence-corrected chi connectivity index (χ1v) is 17.1. The molecule has 226 valence electrons. The molecule has 6 aromatic carbocycles. The van der Waals surface area contributed by atoms with E-state index in [1.54, 1.807) is 0 Å². The van der Waals surface area contributed by atoms with Crippen LogP contribution in [0.5, 0.6) is 0 Å². The molecule has 0 radical (unpaired) electrons. The summed E-state index contributed by atoms with van der Waals surface area (Å²) in [6.07, 6.45) is 1.98. The molecule has 0 saturated carbocycles. The fourth-order valence-corrected chi connectivity index (χ4v) is 9.93. The van der Waals surface area contributed by atoms with Gasteiger partial charge in [0.25, 0.3) is 0 Å². The Labute approximate surface area is 281 Å². The van der Waals surface area contributed by atoms with Crippen LogP contribution in [0.4, 0.5) is 17.2 Å². The molecule has 11 rings (SSSR count). The summed E-state index contributed by atoms with van der Waals surface area (Å²) in [4.78, 5) is 7.83. The number of hydrogen-bond acceptors (Lipinski definition) is 2. The van der Waals surface area contributed by atoms with Crippen LogP contribution in [0.2, 0.25) is 0 Å². The predicted molar refractivity (Wildman–Crippen MR) is 195 cm³/mol. The van der Waals surface area contributed by atoms with Crippen molar-refractivity contribution < 1.29 is 0 Å². The number of anilines is 3. The zero-order valence-corrected chi connectivity index (χ0v) is 26.9. The van der Waals surface area contributed by atoms with Crippen LogP contribution in [-0.2, 0) is 10.8 Å². The first kappa shape index (κ1) is 26.4. The smallest absolute Gasteiger partial charge is 0.142 e. The third-order valence-electron chi connectivity index (χ3n) is 11.7. The summed E-state index contributed by atoms with van der Waals surface area (Å²) in [6, 6.07) is 55.1. The van der Waals surface area contributed by atoms with Gasteiger partial charge < -0.3 is 0 Å². The Bertz CT molecular complexity index is 2410. The lowest BCUT2D eigenvalue weighted by Gasteiger charge is -2.51. The van der Waals surface area contributed by atoms with E-state index < -0.39 is 10.8 Å². The van der Waals surface area contributed by atoms with Crippen LogP contribution in [0.15, 0.2) is 152 Å².